The molecule has 2 heterocycles. The van der Waals surface area contributed by atoms with Crippen LogP contribution < -0.4 is 5.32 Å². The van der Waals surface area contributed by atoms with Gasteiger partial charge in [0.05, 0.1) is 0 Å². The van der Waals surface area contributed by atoms with Crippen LogP contribution in [-0.4, -0.2) is 11.1 Å². The summed E-state index contributed by atoms with van der Waals surface area (Å²) in [4.78, 5) is 0. The van der Waals surface area contributed by atoms with Gasteiger partial charge in [-0.15, -0.1) is 0 Å². The van der Waals surface area contributed by atoms with E-state index in [0.29, 0.717) is 11.1 Å². The van der Waals surface area contributed by atoms with Crippen LogP contribution in [0.1, 0.15) is 58.8 Å². The van der Waals surface area contributed by atoms with E-state index in [1.54, 1.807) is 12.8 Å². The zero-order chi connectivity index (χ0) is 9.81. The Kier molecular flexibility index (Phi) is 1.81. The quantitative estimate of drug-likeness (QED) is 0.623. The molecule has 4 rings (SSSR count). The van der Waals surface area contributed by atoms with Crippen molar-refractivity contribution in [3.63, 3.8) is 0 Å². The maximum atomic E-state index is 4.02. The molecule has 2 bridgehead atoms. The predicted octanol–water partition coefficient (Wildman–Crippen LogP) is 3.10. The molecule has 2 spiro atoms. The summed E-state index contributed by atoms with van der Waals surface area (Å²) in [5.74, 6) is 2.21. The van der Waals surface area contributed by atoms with E-state index in [9.17, 15) is 0 Å². The number of nitrogens with one attached hydrogen (secondary N) is 1. The molecule has 2 saturated carbocycles. The van der Waals surface area contributed by atoms with E-state index < -0.39 is 0 Å². The lowest BCUT2D eigenvalue weighted by atomic mass is 9.58. The Morgan fingerprint density at radius 1 is 0.857 bits per heavy atom. The van der Waals surface area contributed by atoms with Gasteiger partial charge in [0.25, 0.3) is 0 Å². The predicted molar refractivity (Wildman–Crippen MR) is 59.2 cm³/mol. The summed E-state index contributed by atoms with van der Waals surface area (Å²) in [6.07, 6.45) is 10.6. The van der Waals surface area contributed by atoms with Crippen molar-refractivity contribution in [3.8, 4) is 0 Å². The van der Waals surface area contributed by atoms with Crippen LogP contribution in [0.2, 0.25) is 0 Å². The highest BCUT2D eigenvalue weighted by atomic mass is 15.2. The topological polar surface area (TPSA) is 12.0 Å². The van der Waals surface area contributed by atoms with Gasteiger partial charge in [-0.25, -0.2) is 0 Å². The number of hydrogen-bond acceptors (Lipinski definition) is 1. The molecule has 0 radical (unpaired) electrons. The fourth-order valence-corrected chi connectivity index (χ4v) is 4.76. The molecule has 2 saturated heterocycles. The van der Waals surface area contributed by atoms with Crippen LogP contribution in [0, 0.1) is 11.8 Å². The second-order valence-electron chi connectivity index (χ2n) is 5.58. The molecule has 4 fully saturated rings. The molecule has 2 aliphatic carbocycles. The Morgan fingerprint density at radius 3 is 1.71 bits per heavy atom. The molecule has 2 aliphatic heterocycles. The molecular weight excluding hydrogens is 170 g/mol. The smallest absolute Gasteiger partial charge is 0.0218 e. The van der Waals surface area contributed by atoms with E-state index in [1.165, 1.54) is 32.1 Å². The van der Waals surface area contributed by atoms with Crippen LogP contribution in [0.4, 0.5) is 0 Å². The van der Waals surface area contributed by atoms with E-state index in [1.807, 2.05) is 13.8 Å². The van der Waals surface area contributed by atoms with Gasteiger partial charge < -0.3 is 5.32 Å². The first kappa shape index (κ1) is 9.21. The second-order valence-corrected chi connectivity index (χ2v) is 5.58. The SMILES string of the molecule is C1CC23CCC2C2CCC2(C1)N3.CC. The lowest BCUT2D eigenvalue weighted by Crippen LogP contribution is -2.60. The minimum Gasteiger partial charge on any atom is -0.305 e. The summed E-state index contributed by atoms with van der Waals surface area (Å²) in [5, 5.41) is 4.02. The first-order valence-electron chi connectivity index (χ1n) is 6.64. The lowest BCUT2D eigenvalue weighted by molar-refractivity contribution is 0.0906. The normalized spacial score (nSPS) is 57.0. The van der Waals surface area contributed by atoms with Crippen LogP contribution in [0.25, 0.3) is 0 Å². The molecule has 14 heavy (non-hydrogen) atoms. The van der Waals surface area contributed by atoms with Gasteiger partial charge in [0.2, 0.25) is 0 Å². The van der Waals surface area contributed by atoms with Crippen LogP contribution in [0.3, 0.4) is 0 Å². The van der Waals surface area contributed by atoms with Crippen molar-refractivity contribution in [1.29, 1.82) is 0 Å². The van der Waals surface area contributed by atoms with Gasteiger partial charge in [0.1, 0.15) is 0 Å². The average Bonchev–Trinajstić information content (AvgIpc) is 2.32. The molecule has 4 aliphatic rings. The van der Waals surface area contributed by atoms with Crippen LogP contribution in [-0.2, 0) is 0 Å². The van der Waals surface area contributed by atoms with Gasteiger partial charge in [-0.1, -0.05) is 13.8 Å². The number of piperidine rings is 1. The second kappa shape index (κ2) is 2.75. The van der Waals surface area contributed by atoms with Gasteiger partial charge in [-0.2, -0.15) is 0 Å². The summed E-state index contributed by atoms with van der Waals surface area (Å²) < 4.78 is 0. The van der Waals surface area contributed by atoms with Crippen molar-refractivity contribution in [3.05, 3.63) is 0 Å². The molecule has 0 aromatic carbocycles. The maximum absolute atomic E-state index is 4.02. The molecule has 1 nitrogen and oxygen atoms in total. The third-order valence-electron chi connectivity index (χ3n) is 5.45. The minimum atomic E-state index is 0.680. The molecule has 80 valence electrons. The molecule has 4 atom stereocenters. The summed E-state index contributed by atoms with van der Waals surface area (Å²) in [5.41, 5.74) is 1.36. The number of hydrogen-bond donors (Lipinski definition) is 1. The Bertz CT molecular complexity index is 226. The third-order valence-corrected chi connectivity index (χ3v) is 5.45. The van der Waals surface area contributed by atoms with Crippen LogP contribution in [0.15, 0.2) is 0 Å². The van der Waals surface area contributed by atoms with Gasteiger partial charge >= 0.3 is 0 Å². The van der Waals surface area contributed by atoms with E-state index in [2.05, 4.69) is 5.32 Å². The largest absolute Gasteiger partial charge is 0.305 e. The van der Waals surface area contributed by atoms with Crippen molar-refractivity contribution in [2.24, 2.45) is 11.8 Å². The summed E-state index contributed by atoms with van der Waals surface area (Å²) in [6.45, 7) is 4.00. The summed E-state index contributed by atoms with van der Waals surface area (Å²) in [6, 6.07) is 0. The standard InChI is InChI=1S/C11H17N.C2H6/c1-4-10-6-2-8(10)9-3-7-11(9,5-1)12-10;1-2/h8-9,12H,1-7H2;1-2H3. The Labute approximate surface area is 87.7 Å². The van der Waals surface area contributed by atoms with Gasteiger partial charge in [0.15, 0.2) is 0 Å². The van der Waals surface area contributed by atoms with E-state index >= 15 is 0 Å². The Hall–Kier alpha value is -0.0400. The summed E-state index contributed by atoms with van der Waals surface area (Å²) >= 11 is 0. The maximum Gasteiger partial charge on any atom is 0.0218 e. The Morgan fingerprint density at radius 2 is 1.36 bits per heavy atom. The van der Waals surface area contributed by atoms with Crippen molar-refractivity contribution < 1.29 is 0 Å². The third kappa shape index (κ3) is 0.816. The molecule has 1 heteroatoms. The van der Waals surface area contributed by atoms with Crippen LogP contribution >= 0.6 is 0 Å². The zero-order valence-electron chi connectivity index (χ0n) is 9.60. The zero-order valence-corrected chi connectivity index (χ0v) is 9.60. The van der Waals surface area contributed by atoms with Crippen molar-refractivity contribution in [2.75, 3.05) is 0 Å². The number of fused-ring (bicyclic) bond motifs is 1. The first-order chi connectivity index (χ1) is 6.85. The molecule has 4 unspecified atom stereocenters. The Balaban J connectivity index is 0.000000303. The summed E-state index contributed by atoms with van der Waals surface area (Å²) in [7, 11) is 0. The minimum absolute atomic E-state index is 0.680. The van der Waals surface area contributed by atoms with Crippen molar-refractivity contribution in [1.82, 2.24) is 5.32 Å². The average molecular weight is 193 g/mol. The highest BCUT2D eigenvalue weighted by Gasteiger charge is 2.68. The monoisotopic (exact) mass is 193 g/mol. The van der Waals surface area contributed by atoms with Gasteiger partial charge in [-0.05, 0) is 56.8 Å². The molecule has 0 amide bonds. The fraction of sp³-hybridized carbons (Fsp3) is 1.00. The highest BCUT2D eigenvalue weighted by molar-refractivity contribution is 5.26. The van der Waals surface area contributed by atoms with E-state index in [0.717, 1.165) is 11.8 Å². The van der Waals surface area contributed by atoms with Gasteiger partial charge in [0, 0.05) is 11.1 Å². The first-order valence-corrected chi connectivity index (χ1v) is 6.64. The van der Waals surface area contributed by atoms with Crippen molar-refractivity contribution >= 4 is 0 Å². The van der Waals surface area contributed by atoms with Crippen LogP contribution in [0.5, 0.6) is 0 Å². The highest BCUT2D eigenvalue weighted by Crippen LogP contribution is 2.66. The van der Waals surface area contributed by atoms with E-state index in [4.69, 9.17) is 0 Å². The number of rotatable bonds is 0. The molecule has 1 N–H and O–H groups in total. The van der Waals surface area contributed by atoms with Gasteiger partial charge in [-0.3, -0.25) is 0 Å². The molecular formula is C13H23N. The van der Waals surface area contributed by atoms with Crippen molar-refractivity contribution in [2.45, 2.75) is 69.9 Å². The fourth-order valence-electron chi connectivity index (χ4n) is 4.76. The van der Waals surface area contributed by atoms with E-state index in [-0.39, 0.29) is 0 Å². The lowest BCUT2D eigenvalue weighted by Gasteiger charge is -2.48. The molecule has 0 aromatic rings. The molecule has 0 aromatic heterocycles.